The molecule has 0 N–H and O–H groups in total. The van der Waals surface area contributed by atoms with Crippen molar-refractivity contribution in [2.75, 3.05) is 38.6 Å². The molecule has 1 fully saturated rings. The number of aryl methyl sites for hydroxylation is 1. The number of carbonyl (C=O) groups is 1. The van der Waals surface area contributed by atoms with Crippen molar-refractivity contribution < 1.29 is 4.79 Å². The van der Waals surface area contributed by atoms with Gasteiger partial charge in [0, 0.05) is 26.6 Å². The Morgan fingerprint density at radius 1 is 1.42 bits per heavy atom. The Labute approximate surface area is 119 Å². The van der Waals surface area contributed by atoms with E-state index in [-0.39, 0.29) is 5.78 Å². The zero-order chi connectivity index (χ0) is 14.0. The second kappa shape index (κ2) is 6.01. The SMILES string of the molecule is CC(=O)c1sc(N2CCC(CN(C)C)CC2)nc1C. The van der Waals surface area contributed by atoms with Gasteiger partial charge >= 0.3 is 0 Å². The smallest absolute Gasteiger partial charge is 0.186 e. The zero-order valence-corrected chi connectivity index (χ0v) is 13.1. The first kappa shape index (κ1) is 14.5. The van der Waals surface area contributed by atoms with Gasteiger partial charge in [0.05, 0.1) is 10.6 Å². The zero-order valence-electron chi connectivity index (χ0n) is 12.3. The van der Waals surface area contributed by atoms with Gasteiger partial charge in [0.25, 0.3) is 0 Å². The average Bonchev–Trinajstić information content (AvgIpc) is 2.71. The largest absolute Gasteiger partial charge is 0.348 e. The molecule has 0 aromatic carbocycles. The molecule has 0 bridgehead atoms. The van der Waals surface area contributed by atoms with Crippen molar-refractivity contribution in [1.82, 2.24) is 9.88 Å². The van der Waals surface area contributed by atoms with Crippen LogP contribution in [0.2, 0.25) is 0 Å². The summed E-state index contributed by atoms with van der Waals surface area (Å²) in [6.07, 6.45) is 2.43. The highest BCUT2D eigenvalue weighted by atomic mass is 32.1. The quantitative estimate of drug-likeness (QED) is 0.794. The molecule has 2 rings (SSSR count). The summed E-state index contributed by atoms with van der Waals surface area (Å²) in [6, 6.07) is 0. The molecule has 1 aliphatic heterocycles. The van der Waals surface area contributed by atoms with E-state index in [1.165, 1.54) is 19.4 Å². The van der Waals surface area contributed by atoms with Crippen molar-refractivity contribution >= 4 is 22.3 Å². The third kappa shape index (κ3) is 3.54. The van der Waals surface area contributed by atoms with Gasteiger partial charge in [0.1, 0.15) is 0 Å². The molecule has 1 aromatic rings. The minimum Gasteiger partial charge on any atom is -0.348 e. The number of aromatic nitrogens is 1. The molecular formula is C14H23N3OS. The fraction of sp³-hybridized carbons (Fsp3) is 0.714. The fourth-order valence-corrected chi connectivity index (χ4v) is 3.68. The highest BCUT2D eigenvalue weighted by Crippen LogP contribution is 2.29. The second-order valence-electron chi connectivity index (χ2n) is 5.66. The summed E-state index contributed by atoms with van der Waals surface area (Å²) in [5, 5.41) is 1.02. The van der Waals surface area contributed by atoms with Crippen LogP contribution in [0.3, 0.4) is 0 Å². The van der Waals surface area contributed by atoms with Crippen molar-refractivity contribution in [3.8, 4) is 0 Å². The Morgan fingerprint density at radius 3 is 2.53 bits per heavy atom. The Bertz CT molecular complexity index is 448. The van der Waals surface area contributed by atoms with Crippen LogP contribution in [0.5, 0.6) is 0 Å². The maximum Gasteiger partial charge on any atom is 0.186 e. The molecule has 0 aliphatic carbocycles. The molecule has 4 nitrogen and oxygen atoms in total. The monoisotopic (exact) mass is 281 g/mol. The third-order valence-electron chi connectivity index (χ3n) is 3.61. The van der Waals surface area contributed by atoms with Gasteiger partial charge in [0.2, 0.25) is 0 Å². The number of Topliss-reactive ketones (excluding diaryl/α,β-unsaturated/α-hetero) is 1. The van der Waals surface area contributed by atoms with Crippen molar-refractivity contribution in [2.45, 2.75) is 26.7 Å². The first-order valence-corrected chi connectivity index (χ1v) is 7.67. The van der Waals surface area contributed by atoms with E-state index in [1.807, 2.05) is 6.92 Å². The van der Waals surface area contributed by atoms with Gasteiger partial charge in [-0.3, -0.25) is 4.79 Å². The fourth-order valence-electron chi connectivity index (χ4n) is 2.67. The van der Waals surface area contributed by atoms with Gasteiger partial charge in [-0.15, -0.1) is 0 Å². The molecule has 0 unspecified atom stereocenters. The van der Waals surface area contributed by atoms with Crippen LogP contribution in [0.4, 0.5) is 5.13 Å². The average molecular weight is 281 g/mol. The molecule has 5 heteroatoms. The van der Waals surface area contributed by atoms with Gasteiger partial charge in [-0.05, 0) is 39.8 Å². The number of carbonyl (C=O) groups excluding carboxylic acids is 1. The van der Waals surface area contributed by atoms with Crippen molar-refractivity contribution in [1.29, 1.82) is 0 Å². The summed E-state index contributed by atoms with van der Waals surface area (Å²) < 4.78 is 0. The van der Waals surface area contributed by atoms with E-state index >= 15 is 0 Å². The summed E-state index contributed by atoms with van der Waals surface area (Å²) in [6.45, 7) is 6.83. The summed E-state index contributed by atoms with van der Waals surface area (Å²) in [5.41, 5.74) is 0.878. The van der Waals surface area contributed by atoms with Gasteiger partial charge < -0.3 is 9.80 Å². The summed E-state index contributed by atoms with van der Waals surface area (Å²) in [5.74, 6) is 0.920. The van der Waals surface area contributed by atoms with E-state index in [2.05, 4.69) is 28.9 Å². The van der Waals surface area contributed by atoms with Crippen LogP contribution in [-0.4, -0.2) is 49.4 Å². The topological polar surface area (TPSA) is 36.4 Å². The molecule has 0 amide bonds. The number of ketones is 1. The van der Waals surface area contributed by atoms with Crippen LogP contribution >= 0.6 is 11.3 Å². The summed E-state index contributed by atoms with van der Waals surface area (Å²) >= 11 is 1.54. The number of rotatable bonds is 4. The Hall–Kier alpha value is -0.940. The minimum absolute atomic E-state index is 0.128. The number of hydrogen-bond acceptors (Lipinski definition) is 5. The van der Waals surface area contributed by atoms with Gasteiger partial charge in [-0.1, -0.05) is 11.3 Å². The van der Waals surface area contributed by atoms with Gasteiger partial charge in [-0.2, -0.15) is 0 Å². The molecule has 19 heavy (non-hydrogen) atoms. The predicted octanol–water partition coefficient (Wildman–Crippen LogP) is 2.43. The van der Waals surface area contributed by atoms with Crippen LogP contribution in [-0.2, 0) is 0 Å². The normalized spacial score (nSPS) is 17.2. The lowest BCUT2D eigenvalue weighted by molar-refractivity contribution is 0.102. The van der Waals surface area contributed by atoms with E-state index in [1.54, 1.807) is 18.3 Å². The van der Waals surface area contributed by atoms with Crippen LogP contribution in [0, 0.1) is 12.8 Å². The maximum atomic E-state index is 11.5. The van der Waals surface area contributed by atoms with E-state index in [0.717, 1.165) is 34.7 Å². The molecule has 0 radical (unpaired) electrons. The molecule has 1 saturated heterocycles. The van der Waals surface area contributed by atoms with Gasteiger partial charge in [0.15, 0.2) is 10.9 Å². The van der Waals surface area contributed by atoms with Gasteiger partial charge in [-0.25, -0.2) is 4.98 Å². The predicted molar refractivity (Wildman–Crippen MR) is 80.3 cm³/mol. The third-order valence-corrected chi connectivity index (χ3v) is 4.93. The van der Waals surface area contributed by atoms with Crippen molar-refractivity contribution in [2.24, 2.45) is 5.92 Å². The lowest BCUT2D eigenvalue weighted by Gasteiger charge is -2.32. The summed E-state index contributed by atoms with van der Waals surface area (Å²) in [7, 11) is 4.27. The maximum absolute atomic E-state index is 11.5. The molecule has 2 heterocycles. The Morgan fingerprint density at radius 2 is 2.05 bits per heavy atom. The molecule has 1 aliphatic rings. The second-order valence-corrected chi connectivity index (χ2v) is 6.64. The molecule has 1 aromatic heterocycles. The minimum atomic E-state index is 0.128. The Balaban J connectivity index is 1.98. The highest BCUT2D eigenvalue weighted by Gasteiger charge is 2.23. The molecule has 106 valence electrons. The Kier molecular flexibility index (Phi) is 4.58. The first-order valence-electron chi connectivity index (χ1n) is 6.85. The number of hydrogen-bond donors (Lipinski definition) is 0. The number of anilines is 1. The summed E-state index contributed by atoms with van der Waals surface area (Å²) in [4.78, 5) is 21.4. The van der Waals surface area contributed by atoms with Crippen LogP contribution in [0.15, 0.2) is 0 Å². The van der Waals surface area contributed by atoms with E-state index < -0.39 is 0 Å². The number of piperidine rings is 1. The van der Waals surface area contributed by atoms with E-state index in [0.29, 0.717) is 0 Å². The van der Waals surface area contributed by atoms with Crippen molar-refractivity contribution in [3.63, 3.8) is 0 Å². The van der Waals surface area contributed by atoms with Crippen LogP contribution < -0.4 is 4.90 Å². The lowest BCUT2D eigenvalue weighted by Crippen LogP contribution is -2.37. The van der Waals surface area contributed by atoms with E-state index in [9.17, 15) is 4.79 Å². The highest BCUT2D eigenvalue weighted by molar-refractivity contribution is 7.17. The standard InChI is InChI=1S/C14H23N3OS/c1-10-13(11(2)18)19-14(15-10)17-7-5-12(6-8-17)9-16(3)4/h12H,5-9H2,1-4H3. The van der Waals surface area contributed by atoms with Crippen LogP contribution in [0.25, 0.3) is 0 Å². The van der Waals surface area contributed by atoms with E-state index in [4.69, 9.17) is 0 Å². The molecule has 0 saturated carbocycles. The lowest BCUT2D eigenvalue weighted by atomic mass is 9.97. The number of thiazole rings is 1. The first-order chi connectivity index (χ1) is 8.97. The number of nitrogens with zero attached hydrogens (tertiary/aromatic N) is 3. The molecule has 0 spiro atoms. The van der Waals surface area contributed by atoms with Crippen molar-refractivity contribution in [3.05, 3.63) is 10.6 Å². The van der Waals surface area contributed by atoms with Crippen LogP contribution in [0.1, 0.15) is 35.1 Å². The molecule has 0 atom stereocenters. The molecular weight excluding hydrogens is 258 g/mol.